The molecule has 26 nitrogen and oxygen atoms in total. The number of benzene rings is 4. The molecule has 0 spiro atoms. The molecule has 1 unspecified atom stereocenters. The number of aromatic amines is 1. The number of aliphatic hydroxyl groups excluding tert-OH is 3. The van der Waals surface area contributed by atoms with Gasteiger partial charge in [-0.2, -0.15) is 0 Å². The van der Waals surface area contributed by atoms with E-state index in [1.165, 1.54) is 13.8 Å². The lowest BCUT2D eigenvalue weighted by Gasteiger charge is -2.32. The molecular weight excluding hydrogens is 1270 g/mol. The molecule has 4 aromatic carbocycles. The molecule has 512 valence electrons. The number of rotatable bonds is 18. The number of fused-ring (bicyclic) bond motifs is 3. The summed E-state index contributed by atoms with van der Waals surface area (Å²) in [5, 5.41) is 53.4. The average molecular weight is 1360 g/mol. The Morgan fingerprint density at radius 3 is 2.02 bits per heavy atom. The molecule has 9 amide bonds. The van der Waals surface area contributed by atoms with Crippen LogP contribution in [0.1, 0.15) is 73.0 Å². The number of nitrogens with zero attached hydrogens (tertiary/aromatic N) is 3. The Kier molecular flexibility index (Phi) is 27.3. The van der Waals surface area contributed by atoms with Crippen LogP contribution in [0, 0.1) is 5.92 Å². The Hall–Kier alpha value is -8.74. The maximum atomic E-state index is 14.7. The Morgan fingerprint density at radius 2 is 1.33 bits per heavy atom. The van der Waals surface area contributed by atoms with Crippen LogP contribution in [0.4, 0.5) is 17.2 Å². The van der Waals surface area contributed by atoms with Gasteiger partial charge in [0.15, 0.2) is 5.82 Å². The summed E-state index contributed by atoms with van der Waals surface area (Å²) in [5.41, 5.74) is 16.7. The third-order valence-electron chi connectivity index (χ3n) is 16.8. The van der Waals surface area contributed by atoms with Crippen LogP contribution in [-0.4, -0.2) is 189 Å². The molecule has 0 bridgehead atoms. The normalized spacial score (nSPS) is 21.6. The van der Waals surface area contributed by atoms with Crippen LogP contribution in [0.25, 0.3) is 10.9 Å². The molecule has 3 aliphatic rings. The molecule has 3 aliphatic heterocycles. The summed E-state index contributed by atoms with van der Waals surface area (Å²) in [7, 11) is 4.13. The van der Waals surface area contributed by atoms with Crippen LogP contribution in [-0.2, 0) is 57.6 Å². The monoisotopic (exact) mass is 1350 g/mol. The number of hydrogen-bond donors (Lipinski definition) is 14. The lowest BCUT2D eigenvalue weighted by atomic mass is 9.95. The van der Waals surface area contributed by atoms with Crippen molar-refractivity contribution in [2.75, 3.05) is 55.0 Å². The van der Waals surface area contributed by atoms with E-state index in [4.69, 9.17) is 11.5 Å². The first-order valence-corrected chi connectivity index (χ1v) is 34.5. The minimum Gasteiger partial charge on any atom is -0.394 e. The van der Waals surface area contributed by atoms with Crippen molar-refractivity contribution >= 4 is 103 Å². The van der Waals surface area contributed by atoms with Gasteiger partial charge >= 0.3 is 0 Å². The highest BCUT2D eigenvalue weighted by Crippen LogP contribution is 2.38. The summed E-state index contributed by atoms with van der Waals surface area (Å²) in [6.45, 7) is 4.03. The summed E-state index contributed by atoms with van der Waals surface area (Å²) in [6.07, 6.45) is 3.10. The molecule has 2 fully saturated rings. The second-order valence-corrected chi connectivity index (χ2v) is 26.6. The van der Waals surface area contributed by atoms with Gasteiger partial charge < -0.3 is 79.2 Å². The molecule has 10 atom stereocenters. The van der Waals surface area contributed by atoms with Gasteiger partial charge in [-0.25, -0.2) is 4.98 Å². The Labute approximate surface area is 564 Å². The zero-order valence-corrected chi connectivity index (χ0v) is 55.4. The summed E-state index contributed by atoms with van der Waals surface area (Å²) >= 11 is 0. The van der Waals surface area contributed by atoms with Gasteiger partial charge in [-0.05, 0) is 126 Å². The van der Waals surface area contributed by atoms with E-state index in [2.05, 4.69) is 64.4 Å². The highest BCUT2D eigenvalue weighted by Gasteiger charge is 2.38. The van der Waals surface area contributed by atoms with Crippen molar-refractivity contribution in [3.05, 3.63) is 156 Å². The fourth-order valence-corrected chi connectivity index (χ4v) is 13.5. The van der Waals surface area contributed by atoms with Crippen molar-refractivity contribution in [2.24, 2.45) is 17.4 Å². The SMILES string of the molecule is CC(O)[C@@H]1NC(=O)[C@H](CCCCN)NC(=O)[C@@H](Cc2c[nH]c3ccccc23)NC(=O)[C@H](Cc2ccccc2)NC(=O)[C@@H](NC(=O)[C@H](N)Cc2ccccc2)CSSC[C@@H](C(=O)N[C@H](CO)[C@@H](C)O)NC1=O.CN1CCC(C(=O)N2c3ccccc3NC(=O)c3cccnc32)CC1. The largest absolute Gasteiger partial charge is 0.394 e. The van der Waals surface area contributed by atoms with E-state index >= 15 is 0 Å². The second kappa shape index (κ2) is 35.8. The van der Waals surface area contributed by atoms with Crippen molar-refractivity contribution in [3.63, 3.8) is 0 Å². The third-order valence-corrected chi connectivity index (χ3v) is 19.2. The summed E-state index contributed by atoms with van der Waals surface area (Å²) in [5.74, 6) is -5.89. The maximum Gasteiger partial charge on any atom is 0.259 e. The lowest BCUT2D eigenvalue weighted by molar-refractivity contribution is -0.136. The molecule has 0 saturated carbocycles. The molecule has 0 radical (unpaired) electrons. The highest BCUT2D eigenvalue weighted by molar-refractivity contribution is 8.76. The maximum absolute atomic E-state index is 14.7. The number of pyridine rings is 1. The summed E-state index contributed by atoms with van der Waals surface area (Å²) in [4.78, 5) is 137. The predicted octanol–water partition coefficient (Wildman–Crippen LogP) is 1.85. The third kappa shape index (κ3) is 20.2. The first kappa shape index (κ1) is 73.1. The smallest absolute Gasteiger partial charge is 0.259 e. The Morgan fingerprint density at radius 1 is 0.708 bits per heavy atom. The molecule has 9 rings (SSSR count). The average Bonchev–Trinajstić information content (AvgIpc) is 1.57. The fourth-order valence-electron chi connectivity index (χ4n) is 11.2. The minimum absolute atomic E-state index is 0.0111. The first-order valence-electron chi connectivity index (χ1n) is 32.0. The van der Waals surface area contributed by atoms with E-state index in [-0.39, 0.29) is 61.5 Å². The van der Waals surface area contributed by atoms with Gasteiger partial charge in [-0.15, -0.1) is 0 Å². The number of anilines is 3. The number of amides is 9. The van der Waals surface area contributed by atoms with E-state index in [0.717, 1.165) is 64.0 Å². The zero-order chi connectivity index (χ0) is 68.8. The zero-order valence-electron chi connectivity index (χ0n) is 53.8. The van der Waals surface area contributed by atoms with Crippen LogP contribution >= 0.6 is 21.6 Å². The van der Waals surface area contributed by atoms with Gasteiger partial charge in [0.1, 0.15) is 36.3 Å². The van der Waals surface area contributed by atoms with Gasteiger partial charge in [0.25, 0.3) is 5.91 Å². The Bertz CT molecular complexity index is 3640. The van der Waals surface area contributed by atoms with Crippen LogP contribution in [0.5, 0.6) is 0 Å². The van der Waals surface area contributed by atoms with Crippen molar-refractivity contribution in [1.82, 2.24) is 52.1 Å². The van der Waals surface area contributed by atoms with E-state index < -0.39 is 108 Å². The number of nitrogens with one attached hydrogen (secondary N) is 9. The number of likely N-dealkylation sites (tertiary alicyclic amines) is 1. The molecule has 96 heavy (non-hydrogen) atoms. The molecule has 2 aromatic heterocycles. The number of aromatic nitrogens is 2. The van der Waals surface area contributed by atoms with Crippen molar-refractivity contribution in [2.45, 2.75) is 126 Å². The van der Waals surface area contributed by atoms with Gasteiger partial charge in [-0.1, -0.05) is 113 Å². The predicted molar refractivity (Wildman–Crippen MR) is 368 cm³/mol. The molecule has 0 aliphatic carbocycles. The lowest BCUT2D eigenvalue weighted by Crippen LogP contribution is -2.62. The van der Waals surface area contributed by atoms with Crippen molar-refractivity contribution in [3.8, 4) is 0 Å². The number of para-hydroxylation sites is 3. The number of unbranched alkanes of at least 4 members (excludes halogenated alkanes) is 1. The number of carbonyl (C=O) groups excluding carboxylic acids is 9. The van der Waals surface area contributed by atoms with E-state index in [0.29, 0.717) is 46.7 Å². The molecule has 2 saturated heterocycles. The summed E-state index contributed by atoms with van der Waals surface area (Å²) < 4.78 is 0. The van der Waals surface area contributed by atoms with Crippen molar-refractivity contribution < 1.29 is 58.5 Å². The van der Waals surface area contributed by atoms with E-state index in [9.17, 15) is 58.5 Å². The van der Waals surface area contributed by atoms with Crippen LogP contribution in [0.3, 0.4) is 0 Å². The second-order valence-electron chi connectivity index (χ2n) is 24.1. The number of aliphatic hydroxyl groups is 3. The quantitative estimate of drug-likeness (QED) is 0.0431. The van der Waals surface area contributed by atoms with Gasteiger partial charge in [0.2, 0.25) is 47.3 Å². The van der Waals surface area contributed by atoms with E-state index in [1.54, 1.807) is 84.0 Å². The fraction of sp³-hybridized carbons (Fsp3) is 0.412. The van der Waals surface area contributed by atoms with Gasteiger partial charge in [0, 0.05) is 53.6 Å². The number of hydrogen-bond acceptors (Lipinski definition) is 18. The van der Waals surface area contributed by atoms with E-state index in [1.807, 2.05) is 54.6 Å². The molecule has 5 heterocycles. The molecule has 16 N–H and O–H groups in total. The van der Waals surface area contributed by atoms with Gasteiger partial charge in [0.05, 0.1) is 47.8 Å². The van der Waals surface area contributed by atoms with Crippen molar-refractivity contribution in [1.29, 1.82) is 0 Å². The van der Waals surface area contributed by atoms with Crippen LogP contribution in [0.15, 0.2) is 134 Å². The van der Waals surface area contributed by atoms with Crippen LogP contribution in [0.2, 0.25) is 0 Å². The first-order chi connectivity index (χ1) is 46.2. The van der Waals surface area contributed by atoms with Gasteiger partial charge in [-0.3, -0.25) is 48.1 Å². The standard InChI is InChI=1S/C49H66N10O10S2.C19H20N4O2/c1-28(61)39(25-60)56-48(68)41-27-71-70-26-40(57-43(63)34(51)21-30-13-5-3-6-14-30)47(67)54-37(22-31-15-7-4-8-16-31)45(65)55-38(23-32-24-52-35-18-10-9-17-33(32)35)46(66)53-36(19-11-12-20-50)44(64)59-42(29(2)62)49(69)58-41;1-22-11-8-13(9-12-22)19(25)23-16-7-3-2-6-15(16)21-18(24)14-5-4-10-20-17(14)23/h3-10,13-18,24,28-29,34,36-42,52,60-62H,11-12,19-23,25-27,50-51H2,1-2H3,(H,53,66)(H,54,67)(H,55,65)(H,56,68)(H,57,63)(H,58,69)(H,59,64);2-7,10,13H,8-9,11-12H2,1H3,(H,21,24)/t28-,29?,34-,36+,37+,38-,39-,40+,41+,42+;/m1./s1. The minimum atomic E-state index is -1.66. The molecular formula is C68H86N14O12S2. The molecule has 28 heteroatoms. The number of H-pyrrole nitrogens is 1. The highest BCUT2D eigenvalue weighted by atomic mass is 33.1. The number of carbonyl (C=O) groups is 9. The summed E-state index contributed by atoms with van der Waals surface area (Å²) in [6, 6.07) is 25.4. The topological polar surface area (TPSA) is 398 Å². The number of nitrogens with two attached hydrogens (primary N) is 2. The number of piperidine rings is 1. The molecule has 6 aromatic rings. The Balaban J connectivity index is 0.000000388. The van der Waals surface area contributed by atoms with Crippen LogP contribution < -0.4 is 58.9 Å².